The van der Waals surface area contributed by atoms with E-state index in [1.807, 2.05) is 18.2 Å². The van der Waals surface area contributed by atoms with Crippen molar-refractivity contribution in [1.29, 1.82) is 0 Å². The van der Waals surface area contributed by atoms with Crippen molar-refractivity contribution in [3.8, 4) is 11.5 Å². The van der Waals surface area contributed by atoms with E-state index in [1.165, 1.54) is 6.07 Å². The average Bonchev–Trinajstić information content (AvgIpc) is 2.98. The van der Waals surface area contributed by atoms with Gasteiger partial charge in [-0.25, -0.2) is 8.78 Å². The van der Waals surface area contributed by atoms with Crippen LogP contribution in [0.3, 0.4) is 0 Å². The van der Waals surface area contributed by atoms with E-state index in [0.717, 1.165) is 41.4 Å². The highest BCUT2D eigenvalue weighted by atomic mass is 32.2. The van der Waals surface area contributed by atoms with Crippen LogP contribution < -0.4 is 9.47 Å². The van der Waals surface area contributed by atoms with Crippen molar-refractivity contribution in [2.45, 2.75) is 11.7 Å². The predicted octanol–water partition coefficient (Wildman–Crippen LogP) is 4.01. The number of fused-ring (bicyclic) bond motifs is 1. The fourth-order valence-corrected chi connectivity index (χ4v) is 4.39. The summed E-state index contributed by atoms with van der Waals surface area (Å²) >= 11 is 1.78. The first-order chi connectivity index (χ1) is 12.6. The number of carbonyl (C=O) groups is 1. The molecule has 1 atom stereocenters. The molecular weight excluding hydrogens is 360 g/mol. The van der Waals surface area contributed by atoms with E-state index in [1.54, 1.807) is 16.7 Å². The number of thioether (sulfide) groups is 1. The van der Waals surface area contributed by atoms with Crippen LogP contribution >= 0.6 is 11.8 Å². The number of carbonyl (C=O) groups excluding carboxylic acids is 1. The Morgan fingerprint density at radius 2 is 1.88 bits per heavy atom. The lowest BCUT2D eigenvalue weighted by atomic mass is 10.1. The molecule has 4 rings (SSSR count). The van der Waals surface area contributed by atoms with Gasteiger partial charge in [0, 0.05) is 29.7 Å². The maximum Gasteiger partial charge on any atom is 0.253 e. The first-order valence-electron chi connectivity index (χ1n) is 8.37. The Labute approximate surface area is 154 Å². The number of amides is 1. The zero-order valence-corrected chi connectivity index (χ0v) is 14.7. The van der Waals surface area contributed by atoms with Crippen molar-refractivity contribution in [3.05, 3.63) is 59.2 Å². The molecule has 1 saturated heterocycles. The van der Waals surface area contributed by atoms with Gasteiger partial charge >= 0.3 is 0 Å². The minimum atomic E-state index is -1.00. The molecule has 2 aliphatic rings. The molecule has 2 aromatic rings. The molecule has 0 spiro atoms. The minimum absolute atomic E-state index is 0.176. The van der Waals surface area contributed by atoms with Gasteiger partial charge in [-0.05, 0) is 42.3 Å². The lowest BCUT2D eigenvalue weighted by molar-refractivity contribution is 0.0766. The van der Waals surface area contributed by atoms with Gasteiger partial charge in [0.2, 0.25) is 6.79 Å². The summed E-state index contributed by atoms with van der Waals surface area (Å²) < 4.78 is 37.3. The summed E-state index contributed by atoms with van der Waals surface area (Å²) in [6, 6.07) is 9.21. The highest BCUT2D eigenvalue weighted by Crippen LogP contribution is 2.40. The SMILES string of the molecule is O=C(c1ccc(F)c(F)c1)N1CCSC(c2ccc3c(c2)OCO3)CC1. The molecule has 0 radical (unpaired) electrons. The van der Waals surface area contributed by atoms with Crippen LogP contribution in [-0.2, 0) is 0 Å². The van der Waals surface area contributed by atoms with Gasteiger partial charge in [0.25, 0.3) is 5.91 Å². The van der Waals surface area contributed by atoms with Crippen molar-refractivity contribution < 1.29 is 23.0 Å². The van der Waals surface area contributed by atoms with E-state index in [9.17, 15) is 13.6 Å². The lowest BCUT2D eigenvalue weighted by Gasteiger charge is -2.20. The molecule has 136 valence electrons. The first-order valence-corrected chi connectivity index (χ1v) is 9.42. The van der Waals surface area contributed by atoms with E-state index in [4.69, 9.17) is 9.47 Å². The average molecular weight is 377 g/mol. The smallest absolute Gasteiger partial charge is 0.253 e. The number of nitrogens with zero attached hydrogens (tertiary/aromatic N) is 1. The highest BCUT2D eigenvalue weighted by molar-refractivity contribution is 7.99. The molecule has 0 N–H and O–H groups in total. The Balaban J connectivity index is 1.46. The summed E-state index contributed by atoms with van der Waals surface area (Å²) in [5.74, 6) is 0.0590. The van der Waals surface area contributed by atoms with Gasteiger partial charge in [0.15, 0.2) is 23.1 Å². The van der Waals surface area contributed by atoms with Crippen LogP contribution in [0, 0.1) is 11.6 Å². The molecular formula is C19H17F2NO3S. The van der Waals surface area contributed by atoms with Crippen LogP contribution in [0.1, 0.15) is 27.6 Å². The summed E-state index contributed by atoms with van der Waals surface area (Å²) in [5, 5.41) is 0.243. The highest BCUT2D eigenvalue weighted by Gasteiger charge is 2.25. The van der Waals surface area contributed by atoms with Crippen molar-refractivity contribution in [3.63, 3.8) is 0 Å². The molecule has 0 saturated carbocycles. The van der Waals surface area contributed by atoms with Gasteiger partial charge in [-0.1, -0.05) is 6.07 Å². The second kappa shape index (κ2) is 7.15. The van der Waals surface area contributed by atoms with Crippen LogP contribution in [-0.4, -0.2) is 36.4 Å². The molecule has 2 heterocycles. The maximum absolute atomic E-state index is 13.4. The summed E-state index contributed by atoms with van der Waals surface area (Å²) in [5.41, 5.74) is 1.32. The van der Waals surface area contributed by atoms with Crippen molar-refractivity contribution in [1.82, 2.24) is 4.90 Å². The molecule has 0 aromatic heterocycles. The molecule has 4 nitrogen and oxygen atoms in total. The Bertz CT molecular complexity index is 846. The normalized spacial score (nSPS) is 19.3. The number of halogens is 2. The zero-order valence-electron chi connectivity index (χ0n) is 13.9. The molecule has 2 aliphatic heterocycles. The van der Waals surface area contributed by atoms with Crippen molar-refractivity contribution in [2.24, 2.45) is 0 Å². The second-order valence-corrected chi connectivity index (χ2v) is 7.49. The van der Waals surface area contributed by atoms with Gasteiger partial charge in [0.05, 0.1) is 0 Å². The van der Waals surface area contributed by atoms with Gasteiger partial charge in [-0.2, -0.15) is 11.8 Å². The standard InChI is InChI=1S/C19H17F2NO3S/c20-14-3-1-13(9-15(14)21)19(23)22-6-5-18(26-8-7-22)12-2-4-16-17(10-12)25-11-24-16/h1-4,9-10,18H,5-8,11H2. The summed E-state index contributed by atoms with van der Waals surface area (Å²) in [7, 11) is 0. The van der Waals surface area contributed by atoms with Crippen LogP contribution in [0.4, 0.5) is 8.78 Å². The molecule has 1 fully saturated rings. The number of rotatable bonds is 2. The largest absolute Gasteiger partial charge is 0.454 e. The first kappa shape index (κ1) is 17.1. The number of ether oxygens (including phenoxy) is 2. The van der Waals surface area contributed by atoms with E-state index in [2.05, 4.69) is 0 Å². The molecule has 1 amide bonds. The van der Waals surface area contributed by atoms with Crippen LogP contribution in [0.15, 0.2) is 36.4 Å². The van der Waals surface area contributed by atoms with Crippen LogP contribution in [0.25, 0.3) is 0 Å². The summed E-state index contributed by atoms with van der Waals surface area (Å²) in [4.78, 5) is 14.3. The van der Waals surface area contributed by atoms with Crippen molar-refractivity contribution in [2.75, 3.05) is 25.6 Å². The minimum Gasteiger partial charge on any atom is -0.454 e. The Morgan fingerprint density at radius 1 is 1.04 bits per heavy atom. The molecule has 2 aromatic carbocycles. The van der Waals surface area contributed by atoms with E-state index in [-0.39, 0.29) is 23.5 Å². The third-order valence-electron chi connectivity index (χ3n) is 4.56. The molecule has 26 heavy (non-hydrogen) atoms. The Kier molecular flexibility index (Phi) is 4.72. The predicted molar refractivity (Wildman–Crippen MR) is 94.6 cm³/mol. The zero-order chi connectivity index (χ0) is 18.1. The quantitative estimate of drug-likeness (QED) is 0.793. The molecule has 7 heteroatoms. The van der Waals surface area contributed by atoms with Gasteiger partial charge in [-0.15, -0.1) is 0 Å². The molecule has 1 unspecified atom stereocenters. The monoisotopic (exact) mass is 377 g/mol. The number of hydrogen-bond acceptors (Lipinski definition) is 4. The topological polar surface area (TPSA) is 38.8 Å². The van der Waals surface area contributed by atoms with E-state index < -0.39 is 11.6 Å². The van der Waals surface area contributed by atoms with Crippen LogP contribution in [0.5, 0.6) is 11.5 Å². The van der Waals surface area contributed by atoms with E-state index >= 15 is 0 Å². The second-order valence-electron chi connectivity index (χ2n) is 6.18. The van der Waals surface area contributed by atoms with Crippen LogP contribution in [0.2, 0.25) is 0 Å². The Hall–Kier alpha value is -2.28. The van der Waals surface area contributed by atoms with E-state index in [0.29, 0.717) is 13.1 Å². The van der Waals surface area contributed by atoms with Crippen molar-refractivity contribution >= 4 is 17.7 Å². The fraction of sp³-hybridized carbons (Fsp3) is 0.316. The molecule has 0 aliphatic carbocycles. The number of hydrogen-bond donors (Lipinski definition) is 0. The summed E-state index contributed by atoms with van der Waals surface area (Å²) in [6.07, 6.45) is 0.778. The maximum atomic E-state index is 13.4. The molecule has 0 bridgehead atoms. The van der Waals surface area contributed by atoms with Gasteiger partial charge in [-0.3, -0.25) is 4.79 Å². The number of benzene rings is 2. The Morgan fingerprint density at radius 3 is 2.73 bits per heavy atom. The summed E-state index contributed by atoms with van der Waals surface area (Å²) in [6.45, 7) is 1.38. The fourth-order valence-electron chi connectivity index (χ4n) is 3.16. The third kappa shape index (κ3) is 3.35. The van der Waals surface area contributed by atoms with Gasteiger partial charge < -0.3 is 14.4 Å². The van der Waals surface area contributed by atoms with Gasteiger partial charge in [0.1, 0.15) is 0 Å². The third-order valence-corrected chi connectivity index (χ3v) is 5.89. The lowest BCUT2D eigenvalue weighted by Crippen LogP contribution is -2.33.